The van der Waals surface area contributed by atoms with Gasteiger partial charge in [0.25, 0.3) is 0 Å². The van der Waals surface area contributed by atoms with Gasteiger partial charge in [0.2, 0.25) is 0 Å². The van der Waals surface area contributed by atoms with E-state index in [0.717, 1.165) is 35.0 Å². The molecule has 0 radical (unpaired) electrons. The smallest absolute Gasteiger partial charge is 0.339 e. The second kappa shape index (κ2) is 5.38. The highest BCUT2D eigenvalue weighted by atomic mass is 79.9. The predicted molar refractivity (Wildman–Crippen MR) is 81.3 cm³/mol. The molecule has 104 valence electrons. The molecule has 0 bridgehead atoms. The first-order valence-electron chi connectivity index (χ1n) is 6.41. The molecule has 1 aliphatic rings. The minimum atomic E-state index is -0.964. The fourth-order valence-corrected chi connectivity index (χ4v) is 2.62. The highest BCUT2D eigenvalue weighted by Crippen LogP contribution is 2.29. The van der Waals surface area contributed by atoms with Crippen molar-refractivity contribution in [2.75, 3.05) is 25.0 Å². The summed E-state index contributed by atoms with van der Waals surface area (Å²) in [6, 6.07) is 5.67. The normalized spacial score (nSPS) is 15.1. The fourth-order valence-electron chi connectivity index (χ4n) is 2.26. The largest absolute Gasteiger partial charge is 0.478 e. The Balaban J connectivity index is 2.04. The molecule has 0 aliphatic carbocycles. The lowest BCUT2D eigenvalue weighted by Crippen LogP contribution is -2.45. The number of halogens is 1. The molecule has 1 aliphatic heterocycles. The number of aromatic carboxylic acids is 1. The maximum atomic E-state index is 11.4. The number of carbonyl (C=O) groups is 1. The van der Waals surface area contributed by atoms with Crippen LogP contribution >= 0.6 is 15.9 Å². The molecule has 2 heterocycles. The number of anilines is 1. The number of aromatic nitrogens is 1. The number of fused-ring (bicyclic) bond motifs is 1. The highest BCUT2D eigenvalue weighted by Gasteiger charge is 2.19. The lowest BCUT2D eigenvalue weighted by molar-refractivity contribution is 0.0697. The van der Waals surface area contributed by atoms with E-state index in [-0.39, 0.29) is 5.56 Å². The van der Waals surface area contributed by atoms with Gasteiger partial charge in [-0.1, -0.05) is 15.9 Å². The van der Waals surface area contributed by atoms with Crippen molar-refractivity contribution in [1.29, 1.82) is 0 Å². The highest BCUT2D eigenvalue weighted by molar-refractivity contribution is 9.10. The van der Waals surface area contributed by atoms with Crippen molar-refractivity contribution in [2.24, 2.45) is 5.92 Å². The van der Waals surface area contributed by atoms with Gasteiger partial charge in [0.15, 0.2) is 0 Å². The number of nitrogens with one attached hydrogen (secondary N) is 2. The van der Waals surface area contributed by atoms with Gasteiger partial charge in [-0.25, -0.2) is 4.79 Å². The van der Waals surface area contributed by atoms with Gasteiger partial charge in [0.05, 0.1) is 11.2 Å². The maximum absolute atomic E-state index is 11.4. The molecule has 1 aromatic carbocycles. The molecular formula is C14H14BrN3O2. The molecule has 0 spiro atoms. The van der Waals surface area contributed by atoms with Gasteiger partial charge in [-0.05, 0) is 18.2 Å². The number of carboxylic acid groups (broad SMARTS) is 1. The van der Waals surface area contributed by atoms with Crippen LogP contribution in [0.25, 0.3) is 10.9 Å². The van der Waals surface area contributed by atoms with Gasteiger partial charge in [0, 0.05) is 41.6 Å². The van der Waals surface area contributed by atoms with Crippen LogP contribution in [0.15, 0.2) is 28.9 Å². The van der Waals surface area contributed by atoms with Crippen molar-refractivity contribution < 1.29 is 9.90 Å². The lowest BCUT2D eigenvalue weighted by Gasteiger charge is -2.28. The molecule has 3 rings (SSSR count). The van der Waals surface area contributed by atoms with E-state index in [2.05, 4.69) is 31.5 Å². The molecule has 1 aromatic heterocycles. The maximum Gasteiger partial charge on any atom is 0.339 e. The Bertz CT molecular complexity index is 671. The zero-order valence-corrected chi connectivity index (χ0v) is 12.3. The third-order valence-electron chi connectivity index (χ3n) is 3.49. The summed E-state index contributed by atoms with van der Waals surface area (Å²) in [5, 5.41) is 16.6. The van der Waals surface area contributed by atoms with Gasteiger partial charge < -0.3 is 15.7 Å². The summed E-state index contributed by atoms with van der Waals surface area (Å²) in [7, 11) is 0. The third kappa shape index (κ3) is 2.48. The summed E-state index contributed by atoms with van der Waals surface area (Å²) in [5.74, 6) is -0.416. The molecular weight excluding hydrogens is 322 g/mol. The average molecular weight is 336 g/mol. The van der Waals surface area contributed by atoms with Crippen LogP contribution in [0.5, 0.6) is 0 Å². The fraction of sp³-hybridized carbons (Fsp3) is 0.286. The number of hydrogen-bond donors (Lipinski definition) is 3. The molecule has 2 aromatic rings. The van der Waals surface area contributed by atoms with E-state index in [1.165, 1.54) is 6.20 Å². The number of rotatable bonds is 4. The van der Waals surface area contributed by atoms with E-state index in [4.69, 9.17) is 0 Å². The first-order chi connectivity index (χ1) is 9.65. The second-order valence-electron chi connectivity index (χ2n) is 4.92. The summed E-state index contributed by atoms with van der Waals surface area (Å²) in [6.45, 7) is 2.71. The number of nitrogens with zero attached hydrogens (tertiary/aromatic N) is 1. The SMILES string of the molecule is O=C(O)c1cnc2ccc(Br)cc2c1NCC1CNC1. The Morgan fingerprint density at radius 3 is 2.95 bits per heavy atom. The quantitative estimate of drug-likeness (QED) is 0.799. The van der Waals surface area contributed by atoms with Crippen molar-refractivity contribution in [2.45, 2.75) is 0 Å². The molecule has 5 nitrogen and oxygen atoms in total. The standard InChI is InChI=1S/C14H14BrN3O2/c15-9-1-2-12-10(3-9)13(11(7-17-12)14(19)20)18-6-8-4-16-5-8/h1-3,7-8,16H,4-6H2,(H,17,18)(H,19,20). The Labute approximate surface area is 124 Å². The molecule has 0 saturated carbocycles. The molecule has 0 atom stereocenters. The minimum Gasteiger partial charge on any atom is -0.478 e. The van der Waals surface area contributed by atoms with Gasteiger partial charge >= 0.3 is 5.97 Å². The van der Waals surface area contributed by atoms with Gasteiger partial charge in [-0.3, -0.25) is 4.98 Å². The molecule has 6 heteroatoms. The molecule has 1 fully saturated rings. The van der Waals surface area contributed by atoms with Crippen molar-refractivity contribution in [3.63, 3.8) is 0 Å². The Hall–Kier alpha value is -1.66. The zero-order chi connectivity index (χ0) is 14.1. The van der Waals surface area contributed by atoms with Crippen LogP contribution < -0.4 is 10.6 Å². The van der Waals surface area contributed by atoms with Crippen LogP contribution in [-0.4, -0.2) is 35.7 Å². The molecule has 0 unspecified atom stereocenters. The minimum absolute atomic E-state index is 0.211. The zero-order valence-electron chi connectivity index (χ0n) is 10.7. The number of hydrogen-bond acceptors (Lipinski definition) is 4. The van der Waals surface area contributed by atoms with Crippen LogP contribution in [0.4, 0.5) is 5.69 Å². The summed E-state index contributed by atoms with van der Waals surface area (Å²) < 4.78 is 0.905. The van der Waals surface area contributed by atoms with Gasteiger partial charge in [-0.2, -0.15) is 0 Å². The van der Waals surface area contributed by atoms with Crippen molar-refractivity contribution in [3.05, 3.63) is 34.4 Å². The van der Waals surface area contributed by atoms with Crippen molar-refractivity contribution in [3.8, 4) is 0 Å². The Morgan fingerprint density at radius 2 is 2.30 bits per heavy atom. The van der Waals surface area contributed by atoms with E-state index in [9.17, 15) is 9.90 Å². The monoisotopic (exact) mass is 335 g/mol. The molecule has 3 N–H and O–H groups in total. The van der Waals surface area contributed by atoms with Crippen LogP contribution in [0.2, 0.25) is 0 Å². The van der Waals surface area contributed by atoms with Crippen LogP contribution in [-0.2, 0) is 0 Å². The molecule has 20 heavy (non-hydrogen) atoms. The van der Waals surface area contributed by atoms with Crippen molar-refractivity contribution >= 4 is 38.5 Å². The number of pyridine rings is 1. The molecule has 0 amide bonds. The Morgan fingerprint density at radius 1 is 1.50 bits per heavy atom. The van der Waals surface area contributed by atoms with Gasteiger partial charge in [-0.15, -0.1) is 0 Å². The van der Waals surface area contributed by atoms with E-state index >= 15 is 0 Å². The van der Waals surface area contributed by atoms with E-state index in [1.807, 2.05) is 18.2 Å². The number of carboxylic acids is 1. The first kappa shape index (κ1) is 13.3. The topological polar surface area (TPSA) is 74.2 Å². The van der Waals surface area contributed by atoms with E-state index < -0.39 is 5.97 Å². The van der Waals surface area contributed by atoms with E-state index in [0.29, 0.717) is 11.6 Å². The summed E-state index contributed by atoms with van der Waals surface area (Å²) in [4.78, 5) is 15.6. The van der Waals surface area contributed by atoms with Crippen LogP contribution in [0, 0.1) is 5.92 Å². The Kier molecular flexibility index (Phi) is 3.58. The van der Waals surface area contributed by atoms with Gasteiger partial charge in [0.1, 0.15) is 5.56 Å². The van der Waals surface area contributed by atoms with Crippen LogP contribution in [0.1, 0.15) is 10.4 Å². The lowest BCUT2D eigenvalue weighted by atomic mass is 10.0. The first-order valence-corrected chi connectivity index (χ1v) is 7.20. The van der Waals surface area contributed by atoms with Crippen molar-refractivity contribution in [1.82, 2.24) is 10.3 Å². The summed E-state index contributed by atoms with van der Waals surface area (Å²) in [6.07, 6.45) is 1.42. The predicted octanol–water partition coefficient (Wildman–Crippen LogP) is 2.33. The third-order valence-corrected chi connectivity index (χ3v) is 3.99. The van der Waals surface area contributed by atoms with E-state index in [1.54, 1.807) is 0 Å². The number of benzene rings is 1. The average Bonchev–Trinajstić information content (AvgIpc) is 2.36. The molecule has 1 saturated heterocycles. The van der Waals surface area contributed by atoms with Crippen LogP contribution in [0.3, 0.4) is 0 Å². The summed E-state index contributed by atoms with van der Waals surface area (Å²) in [5.41, 5.74) is 1.64. The second-order valence-corrected chi connectivity index (χ2v) is 5.83. The summed E-state index contributed by atoms with van der Waals surface area (Å²) >= 11 is 3.42.